The standard InChI is InChI=1S/C19H32N2O5S2/c1-5-9-20(18(3)7-11-27(23,24)15-18)13-17(22)14-21(10-6-2)19(4)8-12-28(25,26)16-19/h5-6H,1-2,7-16H2,3-4H3/t18-,19-/m0/s1. The van der Waals surface area contributed by atoms with Crippen LogP contribution >= 0.6 is 0 Å². The Kier molecular flexibility index (Phi) is 6.95. The highest BCUT2D eigenvalue weighted by atomic mass is 32.2. The quantitative estimate of drug-likeness (QED) is 0.469. The van der Waals surface area contributed by atoms with Crippen molar-refractivity contribution in [1.29, 1.82) is 0 Å². The van der Waals surface area contributed by atoms with Crippen molar-refractivity contribution < 1.29 is 21.6 Å². The molecule has 9 heteroatoms. The molecule has 2 aliphatic heterocycles. The highest BCUT2D eigenvalue weighted by molar-refractivity contribution is 7.92. The highest BCUT2D eigenvalue weighted by Gasteiger charge is 2.45. The van der Waals surface area contributed by atoms with Crippen molar-refractivity contribution in [2.75, 3.05) is 49.2 Å². The summed E-state index contributed by atoms with van der Waals surface area (Å²) in [5.41, 5.74) is -1.18. The van der Waals surface area contributed by atoms with Crippen LogP contribution in [0.2, 0.25) is 0 Å². The van der Waals surface area contributed by atoms with E-state index in [0.717, 1.165) is 0 Å². The van der Waals surface area contributed by atoms with E-state index in [1.54, 1.807) is 12.2 Å². The molecule has 2 atom stereocenters. The van der Waals surface area contributed by atoms with E-state index in [1.165, 1.54) is 0 Å². The molecule has 0 radical (unpaired) electrons. The molecule has 0 aliphatic carbocycles. The summed E-state index contributed by atoms with van der Waals surface area (Å²) in [7, 11) is -6.20. The summed E-state index contributed by atoms with van der Waals surface area (Å²) in [6.07, 6.45) is 4.33. The molecule has 0 saturated carbocycles. The molecule has 0 spiro atoms. The Hall–Kier alpha value is -1.03. The van der Waals surface area contributed by atoms with Gasteiger partial charge in [0, 0.05) is 24.2 Å². The molecule has 0 aromatic heterocycles. The van der Waals surface area contributed by atoms with Gasteiger partial charge in [0.15, 0.2) is 25.5 Å². The number of ketones is 1. The Balaban J connectivity index is 2.12. The number of carbonyl (C=O) groups is 1. The molecule has 2 saturated heterocycles. The summed E-state index contributed by atoms with van der Waals surface area (Å²) in [5.74, 6) is 0.258. The monoisotopic (exact) mass is 432 g/mol. The van der Waals surface area contributed by atoms with E-state index in [0.29, 0.717) is 25.9 Å². The van der Waals surface area contributed by atoms with Crippen LogP contribution < -0.4 is 0 Å². The summed E-state index contributed by atoms with van der Waals surface area (Å²) in [6.45, 7) is 12.3. The zero-order valence-electron chi connectivity index (χ0n) is 16.9. The van der Waals surface area contributed by atoms with Gasteiger partial charge >= 0.3 is 0 Å². The maximum Gasteiger partial charge on any atom is 0.160 e. The van der Waals surface area contributed by atoms with E-state index in [-0.39, 0.29) is 41.9 Å². The molecule has 160 valence electrons. The summed E-state index contributed by atoms with van der Waals surface area (Å²) in [5, 5.41) is 0. The smallest absolute Gasteiger partial charge is 0.160 e. The molecule has 2 fully saturated rings. The summed E-state index contributed by atoms with van der Waals surface area (Å²) >= 11 is 0. The van der Waals surface area contributed by atoms with Gasteiger partial charge in [0.25, 0.3) is 0 Å². The van der Waals surface area contributed by atoms with Gasteiger partial charge in [-0.1, -0.05) is 12.2 Å². The molecule has 0 unspecified atom stereocenters. The molecule has 0 amide bonds. The summed E-state index contributed by atoms with van der Waals surface area (Å²) in [6, 6.07) is 0. The Bertz CT molecular complexity index is 768. The lowest BCUT2D eigenvalue weighted by Crippen LogP contribution is -2.54. The van der Waals surface area contributed by atoms with Gasteiger partial charge in [0.2, 0.25) is 0 Å². The van der Waals surface area contributed by atoms with Gasteiger partial charge in [-0.25, -0.2) is 16.8 Å². The average molecular weight is 433 g/mol. The first kappa shape index (κ1) is 23.3. The van der Waals surface area contributed by atoms with Gasteiger partial charge in [-0.2, -0.15) is 0 Å². The molecule has 7 nitrogen and oxygen atoms in total. The zero-order chi connectivity index (χ0) is 21.2. The molecule has 2 rings (SSSR count). The average Bonchev–Trinajstić information content (AvgIpc) is 3.02. The number of rotatable bonds is 10. The molecular formula is C19H32N2O5S2. The van der Waals surface area contributed by atoms with Crippen LogP contribution in [0.3, 0.4) is 0 Å². The Morgan fingerprint density at radius 3 is 1.46 bits per heavy atom. The fourth-order valence-electron chi connectivity index (χ4n) is 4.22. The summed E-state index contributed by atoms with van der Waals surface area (Å²) < 4.78 is 47.9. The largest absolute Gasteiger partial charge is 0.297 e. The van der Waals surface area contributed by atoms with Gasteiger partial charge in [0.05, 0.1) is 36.1 Å². The lowest BCUT2D eigenvalue weighted by Gasteiger charge is -2.39. The molecule has 2 heterocycles. The molecule has 2 aliphatic rings. The molecular weight excluding hydrogens is 400 g/mol. The number of carbonyl (C=O) groups excluding carboxylic acids is 1. The summed E-state index contributed by atoms with van der Waals surface area (Å²) in [4.78, 5) is 16.6. The minimum absolute atomic E-state index is 0.0352. The molecule has 0 N–H and O–H groups in total. The van der Waals surface area contributed by atoms with Crippen LogP contribution in [0.4, 0.5) is 0 Å². The number of hydrogen-bond acceptors (Lipinski definition) is 7. The third kappa shape index (κ3) is 5.52. The molecule has 0 bridgehead atoms. The number of Topliss-reactive ketones (excluding diaryl/α,β-unsaturated/α-hetero) is 1. The lowest BCUT2D eigenvalue weighted by atomic mass is 9.97. The van der Waals surface area contributed by atoms with Gasteiger partial charge < -0.3 is 0 Å². The Labute approximate surface area is 169 Å². The first-order valence-corrected chi connectivity index (χ1v) is 13.1. The third-order valence-electron chi connectivity index (χ3n) is 5.93. The van der Waals surface area contributed by atoms with E-state index in [4.69, 9.17) is 0 Å². The van der Waals surface area contributed by atoms with E-state index in [1.807, 2.05) is 23.6 Å². The van der Waals surface area contributed by atoms with Crippen LogP contribution in [-0.2, 0) is 24.5 Å². The van der Waals surface area contributed by atoms with Crippen molar-refractivity contribution in [2.24, 2.45) is 0 Å². The first-order valence-electron chi connectivity index (χ1n) is 9.49. The third-order valence-corrected chi connectivity index (χ3v) is 9.70. The number of sulfone groups is 2. The predicted octanol–water partition coefficient (Wildman–Crippen LogP) is 0.686. The minimum Gasteiger partial charge on any atom is -0.297 e. The fraction of sp³-hybridized carbons (Fsp3) is 0.737. The van der Waals surface area contributed by atoms with E-state index < -0.39 is 30.8 Å². The van der Waals surface area contributed by atoms with Crippen LogP contribution in [-0.4, -0.2) is 92.7 Å². The molecule has 0 aromatic rings. The molecule has 28 heavy (non-hydrogen) atoms. The Morgan fingerprint density at radius 2 is 1.21 bits per heavy atom. The first-order chi connectivity index (χ1) is 12.8. The second-order valence-electron chi connectivity index (χ2n) is 8.56. The van der Waals surface area contributed by atoms with Crippen molar-refractivity contribution in [3.05, 3.63) is 25.3 Å². The predicted molar refractivity (Wildman–Crippen MR) is 112 cm³/mol. The maximum absolute atomic E-state index is 12.9. The fourth-order valence-corrected chi connectivity index (χ4v) is 8.56. The van der Waals surface area contributed by atoms with Crippen molar-refractivity contribution in [2.45, 2.75) is 37.8 Å². The second kappa shape index (κ2) is 8.38. The normalized spacial score (nSPS) is 31.3. The van der Waals surface area contributed by atoms with E-state index >= 15 is 0 Å². The van der Waals surface area contributed by atoms with Crippen molar-refractivity contribution >= 4 is 25.5 Å². The van der Waals surface area contributed by atoms with Gasteiger partial charge in [-0.05, 0) is 26.7 Å². The van der Waals surface area contributed by atoms with Crippen molar-refractivity contribution in [1.82, 2.24) is 9.80 Å². The van der Waals surface area contributed by atoms with Crippen molar-refractivity contribution in [3.8, 4) is 0 Å². The molecule has 0 aromatic carbocycles. The topological polar surface area (TPSA) is 91.8 Å². The minimum atomic E-state index is -3.10. The van der Waals surface area contributed by atoms with Crippen LogP contribution in [0, 0.1) is 0 Å². The van der Waals surface area contributed by atoms with Crippen molar-refractivity contribution in [3.63, 3.8) is 0 Å². The highest BCUT2D eigenvalue weighted by Crippen LogP contribution is 2.31. The van der Waals surface area contributed by atoms with E-state index in [9.17, 15) is 21.6 Å². The second-order valence-corrected chi connectivity index (χ2v) is 12.9. The van der Waals surface area contributed by atoms with Gasteiger partial charge in [-0.15, -0.1) is 13.2 Å². The van der Waals surface area contributed by atoms with Crippen LogP contribution in [0.1, 0.15) is 26.7 Å². The lowest BCUT2D eigenvalue weighted by molar-refractivity contribution is -0.123. The van der Waals surface area contributed by atoms with Crippen LogP contribution in [0.5, 0.6) is 0 Å². The van der Waals surface area contributed by atoms with Crippen LogP contribution in [0.25, 0.3) is 0 Å². The number of hydrogen-bond donors (Lipinski definition) is 0. The SMILES string of the molecule is C=CCN(CC(=O)CN(CC=C)[C@@]1(C)CCS(=O)(=O)C1)[C@@]1(C)CCS(=O)(=O)C1. The number of nitrogens with zero attached hydrogens (tertiary/aromatic N) is 2. The Morgan fingerprint density at radius 1 is 0.857 bits per heavy atom. The van der Waals surface area contributed by atoms with Crippen LogP contribution in [0.15, 0.2) is 25.3 Å². The van der Waals surface area contributed by atoms with Gasteiger partial charge in [-0.3, -0.25) is 14.6 Å². The zero-order valence-corrected chi connectivity index (χ0v) is 18.5. The van der Waals surface area contributed by atoms with Gasteiger partial charge in [0.1, 0.15) is 0 Å². The van der Waals surface area contributed by atoms with E-state index in [2.05, 4.69) is 13.2 Å². The maximum atomic E-state index is 12.9.